The third-order valence-corrected chi connectivity index (χ3v) is 1.92. The summed E-state index contributed by atoms with van der Waals surface area (Å²) in [6.07, 6.45) is 0.663. The second kappa shape index (κ2) is 6.35. The molecule has 0 rings (SSSR count). The lowest BCUT2D eigenvalue weighted by atomic mass is 10.1. The monoisotopic (exact) mass is 231 g/mol. The first-order chi connectivity index (χ1) is 7.24. The number of carboxylic acids is 1. The lowest BCUT2D eigenvalue weighted by Crippen LogP contribution is -2.39. The van der Waals surface area contributed by atoms with Crippen molar-refractivity contribution >= 4 is 12.1 Å². The molecule has 0 aliphatic rings. The van der Waals surface area contributed by atoms with Crippen LogP contribution in [0.4, 0.5) is 4.79 Å². The Morgan fingerprint density at radius 2 is 1.94 bits per heavy atom. The average molecular weight is 231 g/mol. The van der Waals surface area contributed by atoms with Crippen LogP contribution in [-0.4, -0.2) is 28.8 Å². The Hall–Kier alpha value is -1.26. The lowest BCUT2D eigenvalue weighted by Gasteiger charge is -2.22. The van der Waals surface area contributed by atoms with E-state index in [-0.39, 0.29) is 12.5 Å². The highest BCUT2D eigenvalue weighted by molar-refractivity contribution is 5.69. The van der Waals surface area contributed by atoms with Crippen LogP contribution in [0.3, 0.4) is 0 Å². The molecule has 0 aromatic rings. The minimum absolute atomic E-state index is 0.0499. The summed E-state index contributed by atoms with van der Waals surface area (Å²) in [7, 11) is 0. The van der Waals surface area contributed by atoms with Gasteiger partial charge in [-0.2, -0.15) is 0 Å². The molecule has 0 fully saturated rings. The molecule has 2 N–H and O–H groups in total. The van der Waals surface area contributed by atoms with Crippen molar-refractivity contribution in [3.63, 3.8) is 0 Å². The van der Waals surface area contributed by atoms with Gasteiger partial charge in [-0.25, -0.2) is 4.79 Å². The number of rotatable bonds is 5. The molecule has 0 saturated carbocycles. The summed E-state index contributed by atoms with van der Waals surface area (Å²) in [4.78, 5) is 21.8. The first kappa shape index (κ1) is 14.7. The van der Waals surface area contributed by atoms with E-state index >= 15 is 0 Å². The zero-order valence-electron chi connectivity index (χ0n) is 10.4. The zero-order valence-corrected chi connectivity index (χ0v) is 10.4. The number of aliphatic carboxylic acids is 1. The Bertz CT molecular complexity index is 245. The number of hydrogen-bond acceptors (Lipinski definition) is 3. The van der Waals surface area contributed by atoms with Gasteiger partial charge >= 0.3 is 12.1 Å². The number of alkyl carbamates (subject to hydrolysis) is 1. The number of ether oxygens (including phenoxy) is 1. The largest absolute Gasteiger partial charge is 0.481 e. The minimum Gasteiger partial charge on any atom is -0.481 e. The number of carbonyl (C=O) groups is 2. The van der Waals surface area contributed by atoms with Crippen LogP contribution in [0.25, 0.3) is 0 Å². The summed E-state index contributed by atoms with van der Waals surface area (Å²) >= 11 is 0. The first-order valence-corrected chi connectivity index (χ1v) is 5.46. The van der Waals surface area contributed by atoms with Crippen LogP contribution in [0.5, 0.6) is 0 Å². The molecule has 16 heavy (non-hydrogen) atoms. The first-order valence-electron chi connectivity index (χ1n) is 5.46. The fourth-order valence-electron chi connectivity index (χ4n) is 1.15. The van der Waals surface area contributed by atoms with E-state index in [1.165, 1.54) is 0 Å². The summed E-state index contributed by atoms with van der Waals surface area (Å²) < 4.78 is 5.08. The number of carboxylic acid groups (broad SMARTS) is 1. The van der Waals surface area contributed by atoms with Crippen molar-refractivity contribution in [3.05, 3.63) is 0 Å². The standard InChI is InChI=1S/C11H21NO4/c1-5-8(6-7-9(13)14)12-10(15)16-11(2,3)4/h8H,5-7H2,1-4H3,(H,12,15)(H,13,14). The lowest BCUT2D eigenvalue weighted by molar-refractivity contribution is -0.137. The number of hydrogen-bond donors (Lipinski definition) is 2. The normalized spacial score (nSPS) is 13.0. The van der Waals surface area contributed by atoms with Crippen LogP contribution in [0, 0.1) is 0 Å². The average Bonchev–Trinajstić information content (AvgIpc) is 2.08. The summed E-state index contributed by atoms with van der Waals surface area (Å²) in [5, 5.41) is 11.2. The molecule has 94 valence electrons. The van der Waals surface area contributed by atoms with Crippen molar-refractivity contribution in [2.75, 3.05) is 0 Å². The molecular weight excluding hydrogens is 210 g/mol. The number of amides is 1. The Kier molecular flexibility index (Phi) is 5.85. The maximum Gasteiger partial charge on any atom is 0.407 e. The van der Waals surface area contributed by atoms with Gasteiger partial charge < -0.3 is 15.2 Å². The molecule has 0 aromatic heterocycles. The Labute approximate surface area is 96.2 Å². The van der Waals surface area contributed by atoms with Crippen molar-refractivity contribution in [2.24, 2.45) is 0 Å². The van der Waals surface area contributed by atoms with Crippen molar-refractivity contribution in [3.8, 4) is 0 Å². The molecule has 5 heteroatoms. The van der Waals surface area contributed by atoms with Crippen LogP contribution in [-0.2, 0) is 9.53 Å². The molecule has 0 heterocycles. The molecule has 0 saturated heterocycles. The molecule has 1 unspecified atom stereocenters. The van der Waals surface area contributed by atoms with Crippen LogP contribution in [0.1, 0.15) is 47.0 Å². The van der Waals surface area contributed by atoms with Crippen molar-refractivity contribution in [1.29, 1.82) is 0 Å². The van der Waals surface area contributed by atoms with Crippen LogP contribution < -0.4 is 5.32 Å². The van der Waals surface area contributed by atoms with E-state index in [0.29, 0.717) is 12.8 Å². The number of carbonyl (C=O) groups excluding carboxylic acids is 1. The molecule has 0 spiro atoms. The van der Waals surface area contributed by atoms with Crippen LogP contribution in [0.2, 0.25) is 0 Å². The maximum atomic E-state index is 11.4. The predicted molar refractivity (Wildman–Crippen MR) is 60.3 cm³/mol. The molecular formula is C11H21NO4. The van der Waals surface area contributed by atoms with E-state index in [9.17, 15) is 9.59 Å². The highest BCUT2D eigenvalue weighted by Gasteiger charge is 2.18. The Morgan fingerprint density at radius 1 is 1.38 bits per heavy atom. The molecule has 0 aliphatic carbocycles. The van der Waals surface area contributed by atoms with Gasteiger partial charge in [0.05, 0.1) is 0 Å². The van der Waals surface area contributed by atoms with E-state index in [0.717, 1.165) is 0 Å². The van der Waals surface area contributed by atoms with Gasteiger partial charge in [0.15, 0.2) is 0 Å². The van der Waals surface area contributed by atoms with E-state index in [1.54, 1.807) is 20.8 Å². The maximum absolute atomic E-state index is 11.4. The van der Waals surface area contributed by atoms with E-state index in [2.05, 4.69) is 5.32 Å². The van der Waals surface area contributed by atoms with Crippen LogP contribution in [0.15, 0.2) is 0 Å². The van der Waals surface area contributed by atoms with Gasteiger partial charge in [0, 0.05) is 12.5 Å². The van der Waals surface area contributed by atoms with Gasteiger partial charge in [0.1, 0.15) is 5.60 Å². The van der Waals surface area contributed by atoms with Crippen LogP contribution >= 0.6 is 0 Å². The summed E-state index contributed by atoms with van der Waals surface area (Å²) in [6.45, 7) is 7.24. The predicted octanol–water partition coefficient (Wildman–Crippen LogP) is 2.15. The van der Waals surface area contributed by atoms with Gasteiger partial charge in [-0.3, -0.25) is 4.79 Å². The fourth-order valence-corrected chi connectivity index (χ4v) is 1.15. The number of nitrogens with one attached hydrogen (secondary N) is 1. The third kappa shape index (κ3) is 8.08. The quantitative estimate of drug-likeness (QED) is 0.760. The highest BCUT2D eigenvalue weighted by atomic mass is 16.6. The van der Waals surface area contributed by atoms with Gasteiger partial charge in [-0.15, -0.1) is 0 Å². The molecule has 1 amide bonds. The SMILES string of the molecule is CCC(CCC(=O)O)NC(=O)OC(C)(C)C. The van der Waals surface area contributed by atoms with E-state index < -0.39 is 17.7 Å². The van der Waals surface area contributed by atoms with Crippen molar-refractivity contribution in [1.82, 2.24) is 5.32 Å². The second-order valence-corrected chi connectivity index (χ2v) is 4.68. The molecule has 0 bridgehead atoms. The molecule has 5 nitrogen and oxygen atoms in total. The summed E-state index contributed by atoms with van der Waals surface area (Å²) in [5.74, 6) is -0.857. The van der Waals surface area contributed by atoms with E-state index in [1.807, 2.05) is 6.92 Å². The third-order valence-electron chi connectivity index (χ3n) is 1.92. The summed E-state index contributed by atoms with van der Waals surface area (Å²) in [6, 6.07) is -0.147. The van der Waals surface area contributed by atoms with Gasteiger partial charge in [0.25, 0.3) is 0 Å². The molecule has 0 radical (unpaired) electrons. The second-order valence-electron chi connectivity index (χ2n) is 4.68. The molecule has 0 aromatic carbocycles. The van der Waals surface area contributed by atoms with Crippen molar-refractivity contribution in [2.45, 2.75) is 58.6 Å². The Balaban J connectivity index is 4.02. The minimum atomic E-state index is -0.857. The zero-order chi connectivity index (χ0) is 12.8. The van der Waals surface area contributed by atoms with Gasteiger partial charge in [0.2, 0.25) is 0 Å². The van der Waals surface area contributed by atoms with Gasteiger partial charge in [-0.05, 0) is 33.6 Å². The summed E-state index contributed by atoms with van der Waals surface area (Å²) in [5.41, 5.74) is -0.533. The Morgan fingerprint density at radius 3 is 2.31 bits per heavy atom. The topological polar surface area (TPSA) is 75.6 Å². The van der Waals surface area contributed by atoms with Gasteiger partial charge in [-0.1, -0.05) is 6.92 Å². The van der Waals surface area contributed by atoms with E-state index in [4.69, 9.17) is 9.84 Å². The molecule has 0 aliphatic heterocycles. The van der Waals surface area contributed by atoms with Crippen molar-refractivity contribution < 1.29 is 19.4 Å². The highest BCUT2D eigenvalue weighted by Crippen LogP contribution is 2.08. The molecule has 1 atom stereocenters. The fraction of sp³-hybridized carbons (Fsp3) is 0.818. The smallest absolute Gasteiger partial charge is 0.407 e.